The second kappa shape index (κ2) is 5.14. The van der Waals surface area contributed by atoms with Crippen LogP contribution in [0.15, 0.2) is 40.8 Å². The molecule has 0 heterocycles. The lowest BCUT2D eigenvalue weighted by Gasteiger charge is -2.05. The Kier molecular flexibility index (Phi) is 4.07. The van der Waals surface area contributed by atoms with Gasteiger partial charge >= 0.3 is 0 Å². The van der Waals surface area contributed by atoms with Crippen molar-refractivity contribution in [2.45, 2.75) is 25.7 Å². The van der Waals surface area contributed by atoms with Crippen molar-refractivity contribution in [2.75, 3.05) is 0 Å². The lowest BCUT2D eigenvalue weighted by atomic mass is 10.2. The van der Waals surface area contributed by atoms with E-state index in [1.165, 1.54) is 18.2 Å². The van der Waals surface area contributed by atoms with Gasteiger partial charge in [0.15, 0.2) is 0 Å². The molecule has 1 rings (SSSR count). The standard InChI is InChI=1S/C12H15NO3S/c1-9(2)8-12(14)13-17(15,16)11-6-4-10(3)5-7-11/h4-8H,1-3H3,(H,13,14). The lowest BCUT2D eigenvalue weighted by molar-refractivity contribution is -0.114. The lowest BCUT2D eigenvalue weighted by Crippen LogP contribution is -2.29. The van der Waals surface area contributed by atoms with Crippen LogP contribution >= 0.6 is 0 Å². The quantitative estimate of drug-likeness (QED) is 0.835. The third-order valence-electron chi connectivity index (χ3n) is 1.99. The average molecular weight is 253 g/mol. The minimum atomic E-state index is -3.77. The molecule has 17 heavy (non-hydrogen) atoms. The number of allylic oxidation sites excluding steroid dienone is 1. The van der Waals surface area contributed by atoms with Crippen LogP contribution in [0.25, 0.3) is 0 Å². The van der Waals surface area contributed by atoms with Gasteiger partial charge in [-0.2, -0.15) is 0 Å². The van der Waals surface area contributed by atoms with Gasteiger partial charge in [0.25, 0.3) is 15.9 Å². The van der Waals surface area contributed by atoms with E-state index in [0.717, 1.165) is 11.1 Å². The van der Waals surface area contributed by atoms with Gasteiger partial charge in [0.1, 0.15) is 0 Å². The van der Waals surface area contributed by atoms with Crippen LogP contribution in [0, 0.1) is 6.92 Å². The van der Waals surface area contributed by atoms with Crippen LogP contribution < -0.4 is 4.72 Å². The minimum Gasteiger partial charge on any atom is -0.269 e. The van der Waals surface area contributed by atoms with E-state index in [4.69, 9.17) is 0 Å². The molecule has 0 atom stereocenters. The number of hydrogen-bond donors (Lipinski definition) is 1. The van der Waals surface area contributed by atoms with E-state index in [0.29, 0.717) is 0 Å². The summed E-state index contributed by atoms with van der Waals surface area (Å²) in [6, 6.07) is 6.29. The third kappa shape index (κ3) is 4.03. The molecule has 0 unspecified atom stereocenters. The van der Waals surface area contributed by atoms with Crippen LogP contribution in [0.2, 0.25) is 0 Å². The zero-order chi connectivity index (χ0) is 13.1. The Labute approximate surface area is 101 Å². The molecule has 0 aliphatic carbocycles. The summed E-state index contributed by atoms with van der Waals surface area (Å²) in [5.74, 6) is -0.634. The molecule has 1 aromatic carbocycles. The van der Waals surface area contributed by atoms with Crippen molar-refractivity contribution in [1.82, 2.24) is 4.72 Å². The summed E-state index contributed by atoms with van der Waals surface area (Å²) in [5, 5.41) is 0. The summed E-state index contributed by atoms with van der Waals surface area (Å²) in [4.78, 5) is 11.4. The normalized spacial score (nSPS) is 10.8. The molecule has 0 bridgehead atoms. The van der Waals surface area contributed by atoms with Gasteiger partial charge in [0.2, 0.25) is 0 Å². The monoisotopic (exact) mass is 253 g/mol. The molecule has 4 nitrogen and oxygen atoms in total. The van der Waals surface area contributed by atoms with Gasteiger partial charge in [-0.1, -0.05) is 23.3 Å². The first-order valence-corrected chi connectivity index (χ1v) is 6.58. The molecule has 92 valence electrons. The van der Waals surface area contributed by atoms with Crippen LogP contribution in [-0.2, 0) is 14.8 Å². The molecular weight excluding hydrogens is 238 g/mol. The molecule has 0 fully saturated rings. The average Bonchev–Trinajstić information content (AvgIpc) is 2.15. The van der Waals surface area contributed by atoms with Crippen molar-refractivity contribution in [1.29, 1.82) is 0 Å². The fourth-order valence-corrected chi connectivity index (χ4v) is 2.14. The molecule has 1 amide bonds. The van der Waals surface area contributed by atoms with Crippen molar-refractivity contribution < 1.29 is 13.2 Å². The van der Waals surface area contributed by atoms with E-state index in [9.17, 15) is 13.2 Å². The van der Waals surface area contributed by atoms with Crippen molar-refractivity contribution in [3.63, 3.8) is 0 Å². The molecule has 0 aliphatic rings. The van der Waals surface area contributed by atoms with Crippen molar-refractivity contribution in [3.05, 3.63) is 41.5 Å². The summed E-state index contributed by atoms with van der Waals surface area (Å²) >= 11 is 0. The first-order valence-electron chi connectivity index (χ1n) is 5.09. The Hall–Kier alpha value is -1.62. The predicted octanol–water partition coefficient (Wildman–Crippen LogP) is 1.77. The second-order valence-electron chi connectivity index (χ2n) is 4.00. The SMILES string of the molecule is CC(C)=CC(=O)NS(=O)(=O)c1ccc(C)cc1. The van der Waals surface area contributed by atoms with E-state index in [1.807, 2.05) is 11.6 Å². The number of carbonyl (C=O) groups is 1. The van der Waals surface area contributed by atoms with Gasteiger partial charge in [-0.15, -0.1) is 0 Å². The van der Waals surface area contributed by atoms with E-state index >= 15 is 0 Å². The van der Waals surface area contributed by atoms with Gasteiger partial charge in [-0.25, -0.2) is 13.1 Å². The van der Waals surface area contributed by atoms with E-state index in [1.54, 1.807) is 26.0 Å². The number of amides is 1. The number of benzene rings is 1. The highest BCUT2D eigenvalue weighted by Gasteiger charge is 2.15. The van der Waals surface area contributed by atoms with Crippen molar-refractivity contribution in [2.24, 2.45) is 0 Å². The molecule has 0 saturated carbocycles. The fourth-order valence-electron chi connectivity index (χ4n) is 1.20. The minimum absolute atomic E-state index is 0.0820. The highest BCUT2D eigenvalue weighted by molar-refractivity contribution is 7.90. The molecule has 1 aromatic rings. The van der Waals surface area contributed by atoms with Gasteiger partial charge in [-0.3, -0.25) is 4.79 Å². The number of rotatable bonds is 3. The molecule has 5 heteroatoms. The topological polar surface area (TPSA) is 63.2 Å². The van der Waals surface area contributed by atoms with Crippen LogP contribution in [0.3, 0.4) is 0 Å². The van der Waals surface area contributed by atoms with Crippen LogP contribution in [0.4, 0.5) is 0 Å². The van der Waals surface area contributed by atoms with E-state index < -0.39 is 15.9 Å². The maximum absolute atomic E-state index is 11.8. The smallest absolute Gasteiger partial charge is 0.264 e. The maximum Gasteiger partial charge on any atom is 0.264 e. The Morgan fingerprint density at radius 3 is 2.18 bits per heavy atom. The summed E-state index contributed by atoms with van der Waals surface area (Å²) in [6.07, 6.45) is 1.24. The number of hydrogen-bond acceptors (Lipinski definition) is 3. The largest absolute Gasteiger partial charge is 0.269 e. The molecule has 0 saturated heterocycles. The fraction of sp³-hybridized carbons (Fsp3) is 0.250. The highest BCUT2D eigenvalue weighted by Crippen LogP contribution is 2.09. The van der Waals surface area contributed by atoms with E-state index in [-0.39, 0.29) is 4.90 Å². The van der Waals surface area contributed by atoms with Gasteiger partial charge in [0.05, 0.1) is 4.90 Å². The zero-order valence-corrected chi connectivity index (χ0v) is 10.8. The highest BCUT2D eigenvalue weighted by atomic mass is 32.2. The zero-order valence-electron chi connectivity index (χ0n) is 10.0. The molecular formula is C12H15NO3S. The van der Waals surface area contributed by atoms with Crippen LogP contribution in [-0.4, -0.2) is 14.3 Å². The van der Waals surface area contributed by atoms with Crippen molar-refractivity contribution >= 4 is 15.9 Å². The summed E-state index contributed by atoms with van der Waals surface area (Å²) < 4.78 is 25.5. The second-order valence-corrected chi connectivity index (χ2v) is 5.69. The third-order valence-corrected chi connectivity index (χ3v) is 3.35. The molecule has 0 radical (unpaired) electrons. The Morgan fingerprint density at radius 1 is 1.18 bits per heavy atom. The van der Waals surface area contributed by atoms with Crippen LogP contribution in [0.5, 0.6) is 0 Å². The number of carbonyl (C=O) groups excluding carboxylic acids is 1. The Balaban J connectivity index is 2.93. The Bertz CT molecular complexity index is 538. The number of sulfonamides is 1. The van der Waals surface area contributed by atoms with Crippen molar-refractivity contribution in [3.8, 4) is 0 Å². The van der Waals surface area contributed by atoms with Gasteiger partial charge in [0, 0.05) is 6.08 Å². The summed E-state index contributed by atoms with van der Waals surface area (Å²) in [7, 11) is -3.77. The number of nitrogens with one attached hydrogen (secondary N) is 1. The Morgan fingerprint density at radius 2 is 1.71 bits per heavy atom. The summed E-state index contributed by atoms with van der Waals surface area (Å²) in [5.41, 5.74) is 1.70. The van der Waals surface area contributed by atoms with Gasteiger partial charge in [-0.05, 0) is 32.9 Å². The molecule has 0 aromatic heterocycles. The first-order chi connectivity index (χ1) is 7.81. The molecule has 1 N–H and O–H groups in total. The molecule has 0 aliphatic heterocycles. The number of aryl methyl sites for hydroxylation is 1. The predicted molar refractivity (Wildman–Crippen MR) is 65.9 cm³/mol. The maximum atomic E-state index is 11.8. The van der Waals surface area contributed by atoms with Gasteiger partial charge < -0.3 is 0 Å². The first kappa shape index (κ1) is 13.4. The van der Waals surface area contributed by atoms with E-state index in [2.05, 4.69) is 0 Å². The van der Waals surface area contributed by atoms with Crippen LogP contribution in [0.1, 0.15) is 19.4 Å². The molecule has 0 spiro atoms. The summed E-state index contributed by atoms with van der Waals surface area (Å²) in [6.45, 7) is 5.30.